The van der Waals surface area contributed by atoms with Gasteiger partial charge in [0.1, 0.15) is 5.82 Å². The zero-order valence-electron chi connectivity index (χ0n) is 15.6. The van der Waals surface area contributed by atoms with E-state index in [1.165, 1.54) is 19.3 Å². The van der Waals surface area contributed by atoms with Gasteiger partial charge in [0.05, 0.1) is 17.1 Å². The van der Waals surface area contributed by atoms with Gasteiger partial charge in [-0.1, -0.05) is 31.4 Å². The summed E-state index contributed by atoms with van der Waals surface area (Å²) >= 11 is 1.79. The standard InChI is InChI=1S/C20H30N4OS/c1-26-12-9-17(19-23-15-7-3-4-8-16(15)24-19)22-18(25)13-20(14-21)10-5-2-6-11-20/h3-4,7-8,17H,2,5-6,9-14,21H2,1H3,(H,22,25)(H,23,24). The molecule has 26 heavy (non-hydrogen) atoms. The summed E-state index contributed by atoms with van der Waals surface area (Å²) in [6.45, 7) is 0.598. The molecule has 1 aliphatic carbocycles. The maximum absolute atomic E-state index is 12.8. The fraction of sp³-hybridized carbons (Fsp3) is 0.600. The first-order valence-corrected chi connectivity index (χ1v) is 11.0. The molecule has 0 spiro atoms. The lowest BCUT2D eigenvalue weighted by molar-refractivity contribution is -0.124. The Balaban J connectivity index is 1.72. The second-order valence-corrected chi connectivity index (χ2v) is 8.47. The van der Waals surface area contributed by atoms with Crippen molar-refractivity contribution in [1.82, 2.24) is 15.3 Å². The lowest BCUT2D eigenvalue weighted by Gasteiger charge is -2.36. The number of nitrogens with two attached hydrogens (primary N) is 1. The van der Waals surface area contributed by atoms with Gasteiger partial charge in [-0.3, -0.25) is 4.79 Å². The Morgan fingerprint density at radius 1 is 1.35 bits per heavy atom. The monoisotopic (exact) mass is 374 g/mol. The number of carbonyl (C=O) groups is 1. The third kappa shape index (κ3) is 4.60. The first-order chi connectivity index (χ1) is 12.7. The minimum absolute atomic E-state index is 0.0136. The number of rotatable bonds is 8. The van der Waals surface area contributed by atoms with Gasteiger partial charge in [0.25, 0.3) is 0 Å². The van der Waals surface area contributed by atoms with Crippen LogP contribution in [0.3, 0.4) is 0 Å². The van der Waals surface area contributed by atoms with E-state index in [2.05, 4.69) is 16.6 Å². The van der Waals surface area contributed by atoms with Gasteiger partial charge in [0, 0.05) is 6.42 Å². The van der Waals surface area contributed by atoms with Gasteiger partial charge in [0.2, 0.25) is 5.91 Å². The van der Waals surface area contributed by atoms with Crippen molar-refractivity contribution in [2.45, 2.75) is 51.0 Å². The zero-order valence-corrected chi connectivity index (χ0v) is 16.4. The molecule has 3 rings (SSSR count). The summed E-state index contributed by atoms with van der Waals surface area (Å²) in [7, 11) is 0. The molecule has 0 saturated heterocycles. The third-order valence-electron chi connectivity index (χ3n) is 5.57. The molecular formula is C20H30N4OS. The van der Waals surface area contributed by atoms with Crippen LogP contribution in [0.2, 0.25) is 0 Å². The highest BCUT2D eigenvalue weighted by Crippen LogP contribution is 2.38. The predicted octanol–water partition coefficient (Wildman–Crippen LogP) is 3.77. The third-order valence-corrected chi connectivity index (χ3v) is 6.21. The highest BCUT2D eigenvalue weighted by atomic mass is 32.2. The van der Waals surface area contributed by atoms with E-state index in [1.54, 1.807) is 11.8 Å². The highest BCUT2D eigenvalue weighted by Gasteiger charge is 2.33. The number of benzene rings is 1. The van der Waals surface area contributed by atoms with Crippen molar-refractivity contribution >= 4 is 28.7 Å². The van der Waals surface area contributed by atoms with Gasteiger partial charge in [-0.05, 0) is 55.4 Å². The van der Waals surface area contributed by atoms with Crippen LogP contribution < -0.4 is 11.1 Å². The lowest BCUT2D eigenvalue weighted by atomic mass is 9.71. The van der Waals surface area contributed by atoms with Crippen LogP contribution in [-0.2, 0) is 4.79 Å². The number of amides is 1. The Hall–Kier alpha value is -1.53. The molecule has 2 aromatic rings. The lowest BCUT2D eigenvalue weighted by Crippen LogP contribution is -2.40. The minimum atomic E-state index is -0.0826. The molecule has 1 aromatic carbocycles. The van der Waals surface area contributed by atoms with Crippen LogP contribution in [0.25, 0.3) is 11.0 Å². The molecule has 1 fully saturated rings. The van der Waals surface area contributed by atoms with Crippen LogP contribution >= 0.6 is 11.8 Å². The molecule has 1 atom stereocenters. The molecule has 1 heterocycles. The van der Waals surface area contributed by atoms with Gasteiger partial charge in [-0.15, -0.1) is 0 Å². The van der Waals surface area contributed by atoms with Crippen molar-refractivity contribution in [2.75, 3.05) is 18.6 Å². The first-order valence-electron chi connectivity index (χ1n) is 9.59. The van der Waals surface area contributed by atoms with E-state index in [4.69, 9.17) is 10.7 Å². The number of hydrogen-bond donors (Lipinski definition) is 3. The Bertz CT molecular complexity index is 690. The van der Waals surface area contributed by atoms with Crippen molar-refractivity contribution in [3.63, 3.8) is 0 Å². The molecule has 5 nitrogen and oxygen atoms in total. The number of H-pyrrole nitrogens is 1. The number of para-hydroxylation sites is 2. The predicted molar refractivity (Wildman–Crippen MR) is 109 cm³/mol. The second-order valence-electron chi connectivity index (χ2n) is 7.48. The van der Waals surface area contributed by atoms with Crippen LogP contribution in [0.5, 0.6) is 0 Å². The fourth-order valence-corrected chi connectivity index (χ4v) is 4.46. The zero-order chi connectivity index (χ0) is 18.4. The number of nitrogens with zero attached hydrogens (tertiary/aromatic N) is 1. The average Bonchev–Trinajstić information content (AvgIpc) is 3.10. The smallest absolute Gasteiger partial charge is 0.221 e. The number of nitrogens with one attached hydrogen (secondary N) is 2. The van der Waals surface area contributed by atoms with E-state index in [0.717, 1.165) is 41.9 Å². The largest absolute Gasteiger partial charge is 0.346 e. The Kier molecular flexibility index (Phi) is 6.59. The van der Waals surface area contributed by atoms with Crippen LogP contribution in [0.15, 0.2) is 24.3 Å². The normalized spacial score (nSPS) is 17.9. The van der Waals surface area contributed by atoms with Gasteiger partial charge in [-0.2, -0.15) is 11.8 Å². The molecular weight excluding hydrogens is 344 g/mol. The van der Waals surface area contributed by atoms with Crippen LogP contribution in [0.1, 0.15) is 56.8 Å². The number of hydrogen-bond acceptors (Lipinski definition) is 4. The summed E-state index contributed by atoms with van der Waals surface area (Å²) in [6, 6.07) is 7.91. The van der Waals surface area contributed by atoms with Crippen molar-refractivity contribution in [2.24, 2.45) is 11.1 Å². The minimum Gasteiger partial charge on any atom is -0.346 e. The molecule has 0 aliphatic heterocycles. The van der Waals surface area contributed by atoms with Gasteiger partial charge in [-0.25, -0.2) is 4.98 Å². The van der Waals surface area contributed by atoms with E-state index in [1.807, 2.05) is 24.3 Å². The number of aromatic amines is 1. The van der Waals surface area contributed by atoms with E-state index in [0.29, 0.717) is 13.0 Å². The molecule has 1 aliphatic rings. The number of fused-ring (bicyclic) bond motifs is 1. The molecule has 142 valence electrons. The molecule has 1 aromatic heterocycles. The molecule has 1 unspecified atom stereocenters. The maximum atomic E-state index is 12.8. The second kappa shape index (κ2) is 8.91. The average molecular weight is 375 g/mol. The van der Waals surface area contributed by atoms with Crippen molar-refractivity contribution in [3.8, 4) is 0 Å². The molecule has 0 bridgehead atoms. The summed E-state index contributed by atoms with van der Waals surface area (Å²) in [5.74, 6) is 1.92. The number of aromatic nitrogens is 2. The highest BCUT2D eigenvalue weighted by molar-refractivity contribution is 7.98. The maximum Gasteiger partial charge on any atom is 0.221 e. The Morgan fingerprint density at radius 3 is 2.81 bits per heavy atom. The fourth-order valence-electron chi connectivity index (χ4n) is 3.99. The Labute approximate surface area is 159 Å². The SMILES string of the molecule is CSCCC(NC(=O)CC1(CN)CCCCC1)c1nc2ccccc2[nH]1. The van der Waals surface area contributed by atoms with E-state index in [-0.39, 0.29) is 17.4 Å². The first kappa shape index (κ1) is 19.2. The van der Waals surface area contributed by atoms with Gasteiger partial charge in [0.15, 0.2) is 0 Å². The van der Waals surface area contributed by atoms with Crippen LogP contribution in [0, 0.1) is 5.41 Å². The van der Waals surface area contributed by atoms with E-state index >= 15 is 0 Å². The Morgan fingerprint density at radius 2 is 2.12 bits per heavy atom. The topological polar surface area (TPSA) is 83.8 Å². The number of imidazole rings is 1. The van der Waals surface area contributed by atoms with Gasteiger partial charge >= 0.3 is 0 Å². The molecule has 6 heteroatoms. The number of thioether (sulfide) groups is 1. The summed E-state index contributed by atoms with van der Waals surface area (Å²) in [4.78, 5) is 20.9. The molecule has 0 radical (unpaired) electrons. The van der Waals surface area contributed by atoms with E-state index in [9.17, 15) is 4.79 Å². The van der Waals surface area contributed by atoms with Crippen molar-refractivity contribution < 1.29 is 4.79 Å². The van der Waals surface area contributed by atoms with Crippen molar-refractivity contribution in [1.29, 1.82) is 0 Å². The number of carbonyl (C=O) groups excluding carboxylic acids is 1. The van der Waals surface area contributed by atoms with Crippen molar-refractivity contribution in [3.05, 3.63) is 30.1 Å². The molecule has 1 saturated carbocycles. The summed E-state index contributed by atoms with van der Waals surface area (Å²) < 4.78 is 0. The van der Waals surface area contributed by atoms with E-state index < -0.39 is 0 Å². The summed E-state index contributed by atoms with van der Waals surface area (Å²) in [6.07, 6.45) is 9.24. The molecule has 1 amide bonds. The quantitative estimate of drug-likeness (QED) is 0.657. The summed E-state index contributed by atoms with van der Waals surface area (Å²) in [5.41, 5.74) is 8.00. The molecule has 4 N–H and O–H groups in total. The van der Waals surface area contributed by atoms with Gasteiger partial charge < -0.3 is 16.0 Å². The van der Waals surface area contributed by atoms with Crippen LogP contribution in [-0.4, -0.2) is 34.4 Å². The van der Waals surface area contributed by atoms with Crippen LogP contribution in [0.4, 0.5) is 0 Å². The summed E-state index contributed by atoms with van der Waals surface area (Å²) in [5, 5.41) is 3.23.